The Balaban J connectivity index is 1.38. The molecule has 0 aliphatic heterocycles. The first-order valence-electron chi connectivity index (χ1n) is 14.9. The molecule has 5 rings (SSSR count). The quantitative estimate of drug-likeness (QED) is 0.112. The van der Waals surface area contributed by atoms with Crippen molar-refractivity contribution in [2.45, 2.75) is 37.4 Å². The third-order valence-electron chi connectivity index (χ3n) is 7.68. The van der Waals surface area contributed by atoms with E-state index < -0.39 is 5.60 Å². The summed E-state index contributed by atoms with van der Waals surface area (Å²) >= 11 is 0. The highest BCUT2D eigenvalue weighted by molar-refractivity contribution is 5.47. The van der Waals surface area contributed by atoms with Crippen LogP contribution in [-0.4, -0.2) is 32.5 Å². The first kappa shape index (κ1) is 30.4. The number of hydrogen-bond acceptors (Lipinski definition) is 4. The monoisotopic (exact) mass is 572 g/mol. The minimum absolute atomic E-state index is 0.249. The number of benzene rings is 5. The van der Waals surface area contributed by atoms with Crippen molar-refractivity contribution in [2.24, 2.45) is 0 Å². The van der Waals surface area contributed by atoms with Crippen molar-refractivity contribution >= 4 is 0 Å². The topological polar surface area (TPSA) is 36.9 Å². The lowest BCUT2D eigenvalue weighted by Crippen LogP contribution is -2.38. The Morgan fingerprint density at radius 1 is 0.512 bits per heavy atom. The van der Waals surface area contributed by atoms with E-state index in [1.54, 1.807) is 7.11 Å². The molecule has 0 radical (unpaired) electrons. The highest BCUT2D eigenvalue weighted by atomic mass is 16.6. The Kier molecular flexibility index (Phi) is 11.3. The third-order valence-corrected chi connectivity index (χ3v) is 7.68. The van der Waals surface area contributed by atoms with E-state index in [2.05, 4.69) is 97.1 Å². The van der Waals surface area contributed by atoms with Gasteiger partial charge in [-0.3, -0.25) is 0 Å². The maximum Gasteiger partial charge on any atom is 0.143 e. The lowest BCUT2D eigenvalue weighted by atomic mass is 9.80. The van der Waals surface area contributed by atoms with E-state index in [1.165, 1.54) is 0 Å². The maximum atomic E-state index is 7.06. The van der Waals surface area contributed by atoms with Crippen LogP contribution >= 0.6 is 0 Å². The Morgan fingerprint density at radius 3 is 1.37 bits per heavy atom. The van der Waals surface area contributed by atoms with Gasteiger partial charge in [0.05, 0.1) is 32.5 Å². The summed E-state index contributed by atoms with van der Waals surface area (Å²) in [5.74, 6) is 0. The van der Waals surface area contributed by atoms with Gasteiger partial charge in [0.2, 0.25) is 0 Å². The Labute approximate surface area is 255 Å². The molecule has 0 unspecified atom stereocenters. The second-order valence-corrected chi connectivity index (χ2v) is 10.5. The summed E-state index contributed by atoms with van der Waals surface area (Å²) in [6.07, 6.45) is 0.102. The number of methoxy groups -OCH3 is 1. The second-order valence-electron chi connectivity index (χ2n) is 10.5. The summed E-state index contributed by atoms with van der Waals surface area (Å²) in [5, 5.41) is 0. The lowest BCUT2D eigenvalue weighted by Gasteiger charge is -2.37. The van der Waals surface area contributed by atoms with Crippen LogP contribution in [0.15, 0.2) is 152 Å². The van der Waals surface area contributed by atoms with Crippen molar-refractivity contribution in [1.29, 1.82) is 0 Å². The van der Waals surface area contributed by atoms with Crippen molar-refractivity contribution < 1.29 is 18.9 Å². The van der Waals surface area contributed by atoms with Crippen molar-refractivity contribution in [1.82, 2.24) is 0 Å². The van der Waals surface area contributed by atoms with E-state index >= 15 is 0 Å². The summed E-state index contributed by atoms with van der Waals surface area (Å²) in [6.45, 7) is 1.84. The lowest BCUT2D eigenvalue weighted by molar-refractivity contribution is -0.111. The van der Waals surface area contributed by atoms with Gasteiger partial charge < -0.3 is 18.9 Å². The predicted octanol–water partition coefficient (Wildman–Crippen LogP) is 8.20. The molecule has 2 atom stereocenters. The molecule has 4 nitrogen and oxygen atoms in total. The minimum Gasteiger partial charge on any atom is -0.376 e. The number of hydrogen-bond donors (Lipinski definition) is 0. The summed E-state index contributed by atoms with van der Waals surface area (Å²) in [7, 11) is 1.72. The molecule has 43 heavy (non-hydrogen) atoms. The molecule has 0 amide bonds. The fourth-order valence-corrected chi connectivity index (χ4v) is 5.45. The van der Waals surface area contributed by atoms with E-state index in [4.69, 9.17) is 18.9 Å². The molecule has 0 aliphatic rings. The van der Waals surface area contributed by atoms with Crippen LogP contribution in [0.2, 0.25) is 0 Å². The van der Waals surface area contributed by atoms with Gasteiger partial charge in [0.1, 0.15) is 11.7 Å². The van der Waals surface area contributed by atoms with Crippen LogP contribution in [-0.2, 0) is 37.8 Å². The van der Waals surface area contributed by atoms with Gasteiger partial charge in [-0.1, -0.05) is 152 Å². The molecular weight excluding hydrogens is 532 g/mol. The third kappa shape index (κ3) is 8.07. The van der Waals surface area contributed by atoms with Gasteiger partial charge in [-0.2, -0.15) is 0 Å². The molecule has 220 valence electrons. The average molecular weight is 573 g/mol. The van der Waals surface area contributed by atoms with Crippen LogP contribution in [0, 0.1) is 0 Å². The molecule has 0 fully saturated rings. The number of ether oxygens (including phenoxy) is 4. The molecule has 0 aliphatic carbocycles. The molecule has 0 saturated carbocycles. The molecule has 0 spiro atoms. The van der Waals surface area contributed by atoms with Crippen LogP contribution in [0.1, 0.15) is 34.2 Å². The summed E-state index contributed by atoms with van der Waals surface area (Å²) < 4.78 is 25.7. The molecule has 0 N–H and O–H groups in total. The maximum absolute atomic E-state index is 7.06. The van der Waals surface area contributed by atoms with Gasteiger partial charge in [-0.15, -0.1) is 0 Å². The molecule has 0 bridgehead atoms. The molecule has 4 heteroatoms. The SMILES string of the molecule is CO[C@H](COCc1ccccc1)[C@H](CCOC(c1ccccc1)(c1ccccc1)c1ccccc1)OCc1ccccc1. The molecule has 5 aromatic rings. The predicted molar refractivity (Wildman–Crippen MR) is 172 cm³/mol. The van der Waals surface area contributed by atoms with Gasteiger partial charge in [0, 0.05) is 7.11 Å². The smallest absolute Gasteiger partial charge is 0.143 e. The first-order valence-corrected chi connectivity index (χ1v) is 14.9. The van der Waals surface area contributed by atoms with Gasteiger partial charge in [-0.05, 0) is 34.2 Å². The van der Waals surface area contributed by atoms with Crippen molar-refractivity contribution in [3.05, 3.63) is 179 Å². The highest BCUT2D eigenvalue weighted by Gasteiger charge is 2.38. The summed E-state index contributed by atoms with van der Waals surface area (Å²) in [4.78, 5) is 0. The van der Waals surface area contributed by atoms with Crippen LogP contribution in [0.4, 0.5) is 0 Å². The summed E-state index contributed by atoms with van der Waals surface area (Å²) in [6, 6.07) is 51.7. The number of rotatable bonds is 16. The Hall–Kier alpha value is -4.06. The van der Waals surface area contributed by atoms with Gasteiger partial charge in [0.15, 0.2) is 0 Å². The standard InChI is InChI=1S/C39H40O4/c1-40-38(31-41-29-32-17-7-2-8-18-32)37(42-30-33-19-9-3-10-20-33)27-28-43-39(34-21-11-4-12-22-34,35-23-13-5-14-24-35)36-25-15-6-16-26-36/h2-26,37-38H,27-31H2,1H3/t37-,38+/m0/s1. The molecule has 5 aromatic carbocycles. The fraction of sp³-hybridized carbons (Fsp3) is 0.231. The Morgan fingerprint density at radius 2 is 0.930 bits per heavy atom. The Bertz CT molecular complexity index is 1350. The zero-order valence-corrected chi connectivity index (χ0v) is 24.8. The van der Waals surface area contributed by atoms with Crippen molar-refractivity contribution in [2.75, 3.05) is 20.3 Å². The minimum atomic E-state index is -0.792. The van der Waals surface area contributed by atoms with Gasteiger partial charge >= 0.3 is 0 Å². The van der Waals surface area contributed by atoms with E-state index in [-0.39, 0.29) is 12.2 Å². The van der Waals surface area contributed by atoms with E-state index in [1.807, 2.05) is 54.6 Å². The van der Waals surface area contributed by atoms with Crippen LogP contribution in [0.25, 0.3) is 0 Å². The summed E-state index contributed by atoms with van der Waals surface area (Å²) in [5.41, 5.74) is 4.66. The van der Waals surface area contributed by atoms with E-state index in [0.717, 1.165) is 27.8 Å². The van der Waals surface area contributed by atoms with Crippen molar-refractivity contribution in [3.63, 3.8) is 0 Å². The molecule has 0 saturated heterocycles. The molecule has 0 heterocycles. The van der Waals surface area contributed by atoms with Gasteiger partial charge in [0.25, 0.3) is 0 Å². The zero-order valence-electron chi connectivity index (χ0n) is 24.8. The van der Waals surface area contributed by atoms with Crippen molar-refractivity contribution in [3.8, 4) is 0 Å². The molecule has 0 aromatic heterocycles. The fourth-order valence-electron chi connectivity index (χ4n) is 5.45. The van der Waals surface area contributed by atoms with E-state index in [9.17, 15) is 0 Å². The molecular formula is C39H40O4. The second kappa shape index (κ2) is 16.0. The van der Waals surface area contributed by atoms with Crippen LogP contribution < -0.4 is 0 Å². The largest absolute Gasteiger partial charge is 0.376 e. The average Bonchev–Trinajstić information content (AvgIpc) is 3.09. The van der Waals surface area contributed by atoms with Crippen LogP contribution in [0.3, 0.4) is 0 Å². The normalized spacial score (nSPS) is 13.0. The first-order chi connectivity index (χ1) is 21.3. The highest BCUT2D eigenvalue weighted by Crippen LogP contribution is 2.40. The zero-order chi connectivity index (χ0) is 29.6. The van der Waals surface area contributed by atoms with Gasteiger partial charge in [-0.25, -0.2) is 0 Å². The van der Waals surface area contributed by atoms with E-state index in [0.29, 0.717) is 32.8 Å². The van der Waals surface area contributed by atoms with Crippen LogP contribution in [0.5, 0.6) is 0 Å².